The monoisotopic (exact) mass is 438 g/mol. The minimum atomic E-state index is -4.20. The smallest absolute Gasteiger partial charge is 0.401 e. The van der Waals surface area contributed by atoms with Gasteiger partial charge in [-0.3, -0.25) is 4.90 Å². The van der Waals surface area contributed by atoms with E-state index in [0.29, 0.717) is 49.9 Å². The highest BCUT2D eigenvalue weighted by atomic mass is 19.4. The van der Waals surface area contributed by atoms with E-state index >= 15 is 0 Å². The minimum Gasteiger partial charge on any atom is -0.497 e. The lowest BCUT2D eigenvalue weighted by atomic mass is 10.1. The summed E-state index contributed by atoms with van der Waals surface area (Å²) in [5.41, 5.74) is 0.420. The molecule has 30 heavy (non-hydrogen) atoms. The van der Waals surface area contributed by atoms with Gasteiger partial charge in [0.1, 0.15) is 11.5 Å². The van der Waals surface area contributed by atoms with Crippen molar-refractivity contribution in [2.24, 2.45) is 10.9 Å². The van der Waals surface area contributed by atoms with Crippen molar-refractivity contribution in [1.29, 1.82) is 0 Å². The number of methoxy groups -OCH3 is 1. The van der Waals surface area contributed by atoms with Crippen molar-refractivity contribution in [3.8, 4) is 11.5 Å². The lowest BCUT2D eigenvalue weighted by molar-refractivity contribution is -0.143. The van der Waals surface area contributed by atoms with Gasteiger partial charge in [-0.1, -0.05) is 0 Å². The molecular weight excluding hydrogens is 411 g/mol. The molecule has 1 aromatic carbocycles. The zero-order chi connectivity index (χ0) is 22.1. The Morgan fingerprint density at radius 2 is 2.07 bits per heavy atom. The molecule has 1 saturated heterocycles. The average Bonchev–Trinajstić information content (AvgIpc) is 3.10. The van der Waals surface area contributed by atoms with Crippen LogP contribution in [0.3, 0.4) is 0 Å². The van der Waals surface area contributed by atoms with Gasteiger partial charge in [0.15, 0.2) is 5.96 Å². The maximum atomic E-state index is 12.6. The molecule has 0 bridgehead atoms. The first-order valence-electron chi connectivity index (χ1n) is 9.63. The summed E-state index contributed by atoms with van der Waals surface area (Å²) < 4.78 is 72.5. The number of rotatable bonds is 9. The van der Waals surface area contributed by atoms with Crippen molar-refractivity contribution in [2.45, 2.75) is 32.7 Å². The normalized spacial score (nSPS) is 18.0. The van der Waals surface area contributed by atoms with E-state index < -0.39 is 19.3 Å². The lowest BCUT2D eigenvalue weighted by Crippen LogP contribution is -2.40. The van der Waals surface area contributed by atoms with Gasteiger partial charge in [0, 0.05) is 25.2 Å². The van der Waals surface area contributed by atoms with Gasteiger partial charge >= 0.3 is 12.8 Å². The van der Waals surface area contributed by atoms with E-state index in [1.807, 2.05) is 6.92 Å². The highest BCUT2D eigenvalue weighted by Gasteiger charge is 2.34. The summed E-state index contributed by atoms with van der Waals surface area (Å²) in [4.78, 5) is 5.78. The molecule has 2 N–H and O–H groups in total. The Morgan fingerprint density at radius 3 is 2.70 bits per heavy atom. The van der Waals surface area contributed by atoms with Crippen molar-refractivity contribution in [1.82, 2.24) is 15.5 Å². The number of guanidine groups is 1. The Morgan fingerprint density at radius 1 is 1.30 bits per heavy atom. The van der Waals surface area contributed by atoms with Crippen LogP contribution in [0.1, 0.15) is 18.9 Å². The van der Waals surface area contributed by atoms with Gasteiger partial charge < -0.3 is 20.1 Å². The van der Waals surface area contributed by atoms with Crippen molar-refractivity contribution < 1.29 is 31.4 Å². The second-order valence-electron chi connectivity index (χ2n) is 6.93. The molecule has 0 radical (unpaired) electrons. The number of alkyl halides is 5. The first-order valence-corrected chi connectivity index (χ1v) is 9.63. The molecule has 0 aromatic heterocycles. The molecule has 170 valence electrons. The quantitative estimate of drug-likeness (QED) is 0.352. The van der Waals surface area contributed by atoms with Crippen LogP contribution in [-0.4, -0.2) is 63.5 Å². The lowest BCUT2D eigenvalue weighted by Gasteiger charge is -2.19. The van der Waals surface area contributed by atoms with Crippen LogP contribution in [0.25, 0.3) is 0 Å². The average molecular weight is 438 g/mol. The fourth-order valence-corrected chi connectivity index (χ4v) is 3.24. The molecule has 0 saturated carbocycles. The first kappa shape index (κ1) is 24.0. The summed E-state index contributed by atoms with van der Waals surface area (Å²) in [5, 5.41) is 6.16. The topological polar surface area (TPSA) is 58.1 Å². The predicted molar refractivity (Wildman–Crippen MR) is 103 cm³/mol. The highest BCUT2D eigenvalue weighted by molar-refractivity contribution is 5.79. The molecule has 1 aromatic rings. The van der Waals surface area contributed by atoms with Crippen LogP contribution in [0.4, 0.5) is 22.0 Å². The molecule has 0 aliphatic carbocycles. The van der Waals surface area contributed by atoms with E-state index in [9.17, 15) is 22.0 Å². The zero-order valence-corrected chi connectivity index (χ0v) is 16.9. The molecule has 0 amide bonds. The molecule has 1 atom stereocenters. The summed E-state index contributed by atoms with van der Waals surface area (Å²) in [6, 6.07) is 4.47. The van der Waals surface area contributed by atoms with E-state index in [4.69, 9.17) is 4.74 Å². The summed E-state index contributed by atoms with van der Waals surface area (Å²) in [5.74, 6) is 0.989. The van der Waals surface area contributed by atoms with Gasteiger partial charge in [0.05, 0.1) is 20.2 Å². The van der Waals surface area contributed by atoms with E-state index in [-0.39, 0.29) is 18.2 Å². The van der Waals surface area contributed by atoms with Crippen LogP contribution in [0.2, 0.25) is 0 Å². The minimum absolute atomic E-state index is 0.00369. The van der Waals surface area contributed by atoms with Gasteiger partial charge in [-0.2, -0.15) is 22.0 Å². The van der Waals surface area contributed by atoms with E-state index in [1.165, 1.54) is 24.1 Å². The third kappa shape index (κ3) is 8.21. The SMILES string of the molecule is CCNC(=NCc1cc(OC)ccc1OC(F)F)NCC1CCN(CC(F)(F)F)C1. The number of nitrogens with zero attached hydrogens (tertiary/aromatic N) is 2. The van der Waals surface area contributed by atoms with Crippen molar-refractivity contribution in [2.75, 3.05) is 39.8 Å². The van der Waals surface area contributed by atoms with E-state index in [1.54, 1.807) is 6.07 Å². The largest absolute Gasteiger partial charge is 0.497 e. The Kier molecular flexibility index (Phi) is 8.94. The molecule has 1 fully saturated rings. The summed E-state index contributed by atoms with van der Waals surface area (Å²) in [7, 11) is 1.46. The summed E-state index contributed by atoms with van der Waals surface area (Å²) in [6.07, 6.45) is -3.54. The van der Waals surface area contributed by atoms with E-state index in [2.05, 4.69) is 20.4 Å². The van der Waals surface area contributed by atoms with Crippen LogP contribution in [-0.2, 0) is 6.54 Å². The molecular formula is C19H27F5N4O2. The number of ether oxygens (including phenoxy) is 2. The standard InChI is InChI=1S/C19H27F5N4O2/c1-3-25-18(26-9-13-6-7-28(11-13)12-19(22,23)24)27-10-14-8-15(29-2)4-5-16(14)30-17(20)21/h4-5,8,13,17H,3,6-7,9-12H2,1-2H3,(H2,25,26,27). The molecule has 1 aliphatic heterocycles. The second kappa shape index (κ2) is 11.2. The summed E-state index contributed by atoms with van der Waals surface area (Å²) >= 11 is 0. The molecule has 1 unspecified atom stereocenters. The molecule has 1 aliphatic rings. The Bertz CT molecular complexity index is 700. The van der Waals surface area contributed by atoms with Crippen LogP contribution in [0.5, 0.6) is 11.5 Å². The van der Waals surface area contributed by atoms with Crippen molar-refractivity contribution in [3.63, 3.8) is 0 Å². The Balaban J connectivity index is 1.98. The molecule has 11 heteroatoms. The molecule has 2 rings (SSSR count). The Hall–Kier alpha value is -2.30. The van der Waals surface area contributed by atoms with Gasteiger partial charge in [-0.15, -0.1) is 0 Å². The number of nitrogens with one attached hydrogen (secondary N) is 2. The van der Waals surface area contributed by atoms with Gasteiger partial charge in [-0.25, -0.2) is 4.99 Å². The zero-order valence-electron chi connectivity index (χ0n) is 16.9. The second-order valence-corrected chi connectivity index (χ2v) is 6.93. The maximum absolute atomic E-state index is 12.6. The van der Waals surface area contributed by atoms with Gasteiger partial charge in [-0.05, 0) is 44.0 Å². The maximum Gasteiger partial charge on any atom is 0.401 e. The molecule has 1 heterocycles. The molecule has 0 spiro atoms. The number of halogens is 5. The van der Waals surface area contributed by atoms with E-state index in [0.717, 1.165) is 0 Å². The number of hydrogen-bond donors (Lipinski definition) is 2. The Labute approximate surface area is 172 Å². The van der Waals surface area contributed by atoms with Crippen LogP contribution in [0, 0.1) is 5.92 Å². The fourth-order valence-electron chi connectivity index (χ4n) is 3.24. The highest BCUT2D eigenvalue weighted by Crippen LogP contribution is 2.26. The van der Waals surface area contributed by atoms with Crippen LogP contribution >= 0.6 is 0 Å². The fraction of sp³-hybridized carbons (Fsp3) is 0.632. The van der Waals surface area contributed by atoms with Crippen LogP contribution in [0.15, 0.2) is 23.2 Å². The number of likely N-dealkylation sites (tertiary alicyclic amines) is 1. The predicted octanol–water partition coefficient (Wildman–Crippen LogP) is 3.24. The van der Waals surface area contributed by atoms with Gasteiger partial charge in [0.25, 0.3) is 0 Å². The number of benzene rings is 1. The first-order chi connectivity index (χ1) is 14.2. The van der Waals surface area contributed by atoms with Gasteiger partial charge in [0.2, 0.25) is 0 Å². The third-order valence-electron chi connectivity index (χ3n) is 4.57. The van der Waals surface area contributed by atoms with Crippen LogP contribution < -0.4 is 20.1 Å². The number of aliphatic imine (C=N–C) groups is 1. The third-order valence-corrected chi connectivity index (χ3v) is 4.57. The van der Waals surface area contributed by atoms with Crippen molar-refractivity contribution >= 4 is 5.96 Å². The van der Waals surface area contributed by atoms with Crippen molar-refractivity contribution in [3.05, 3.63) is 23.8 Å². The number of hydrogen-bond acceptors (Lipinski definition) is 4. The summed E-state index contributed by atoms with van der Waals surface area (Å²) in [6.45, 7) is -0.164. The molecule has 6 nitrogen and oxygen atoms in total.